The van der Waals surface area contributed by atoms with Crippen LogP contribution in [0, 0.1) is 6.92 Å². The smallest absolute Gasteiger partial charge is 0.261 e. The molecule has 0 aliphatic heterocycles. The van der Waals surface area contributed by atoms with Gasteiger partial charge in [0.15, 0.2) is 11.5 Å². The fraction of sp³-hybridized carbons (Fsp3) is 0.267. The second-order valence-corrected chi connectivity index (χ2v) is 5.57. The lowest BCUT2D eigenvalue weighted by Crippen LogP contribution is -2.21. The maximum absolute atomic E-state index is 12.0. The first kappa shape index (κ1) is 14.4. The Morgan fingerprint density at radius 2 is 1.90 bits per heavy atom. The van der Waals surface area contributed by atoms with E-state index in [2.05, 4.69) is 5.32 Å². The van der Waals surface area contributed by atoms with Crippen molar-refractivity contribution in [3.63, 3.8) is 0 Å². The molecule has 0 radical (unpaired) electrons. The van der Waals surface area contributed by atoms with Gasteiger partial charge in [0.25, 0.3) is 5.91 Å². The van der Waals surface area contributed by atoms with Gasteiger partial charge in [0, 0.05) is 11.4 Å². The Morgan fingerprint density at radius 3 is 2.50 bits per heavy atom. The number of carbonyl (C=O) groups excluding carboxylic acids is 1. The normalized spacial score (nSPS) is 10.2. The molecule has 0 saturated heterocycles. The molecule has 106 valence electrons. The topological polar surface area (TPSA) is 47.6 Å². The fourth-order valence-electron chi connectivity index (χ4n) is 1.82. The molecule has 1 aromatic carbocycles. The van der Waals surface area contributed by atoms with Crippen molar-refractivity contribution in [2.45, 2.75) is 13.5 Å². The molecule has 1 amide bonds. The van der Waals surface area contributed by atoms with Crippen LogP contribution in [0.15, 0.2) is 30.3 Å². The van der Waals surface area contributed by atoms with Crippen molar-refractivity contribution in [1.82, 2.24) is 5.32 Å². The fourth-order valence-corrected chi connectivity index (χ4v) is 2.60. The second-order valence-electron chi connectivity index (χ2n) is 4.28. The Labute approximate surface area is 122 Å². The lowest BCUT2D eigenvalue weighted by molar-refractivity contribution is 0.0955. The van der Waals surface area contributed by atoms with E-state index in [1.165, 1.54) is 11.3 Å². The van der Waals surface area contributed by atoms with Crippen LogP contribution in [0.1, 0.15) is 20.1 Å². The minimum atomic E-state index is -0.0575. The minimum Gasteiger partial charge on any atom is -0.493 e. The number of methoxy groups -OCH3 is 2. The van der Waals surface area contributed by atoms with Gasteiger partial charge in [-0.3, -0.25) is 4.79 Å². The highest BCUT2D eigenvalue weighted by molar-refractivity contribution is 7.13. The van der Waals surface area contributed by atoms with E-state index in [0.29, 0.717) is 18.0 Å². The highest BCUT2D eigenvalue weighted by Crippen LogP contribution is 2.27. The van der Waals surface area contributed by atoms with Crippen molar-refractivity contribution in [2.24, 2.45) is 0 Å². The van der Waals surface area contributed by atoms with Crippen molar-refractivity contribution in [2.75, 3.05) is 14.2 Å². The first-order chi connectivity index (χ1) is 9.63. The maximum atomic E-state index is 12.0. The van der Waals surface area contributed by atoms with Crippen molar-refractivity contribution < 1.29 is 14.3 Å². The number of rotatable bonds is 5. The Hall–Kier alpha value is -2.01. The molecule has 0 aliphatic rings. The predicted octanol–water partition coefficient (Wildman–Crippen LogP) is 3.00. The van der Waals surface area contributed by atoms with Gasteiger partial charge in [0.1, 0.15) is 0 Å². The number of hydrogen-bond acceptors (Lipinski definition) is 4. The Balaban J connectivity index is 2.02. The van der Waals surface area contributed by atoms with Crippen LogP contribution in [0.25, 0.3) is 0 Å². The third-order valence-electron chi connectivity index (χ3n) is 2.87. The average molecular weight is 291 g/mol. The third-order valence-corrected chi connectivity index (χ3v) is 3.86. The van der Waals surface area contributed by atoms with Crippen LogP contribution in [0.3, 0.4) is 0 Å². The number of ether oxygens (including phenoxy) is 2. The molecule has 5 heteroatoms. The quantitative estimate of drug-likeness (QED) is 0.921. The number of amides is 1. The molecule has 2 rings (SSSR count). The van der Waals surface area contributed by atoms with E-state index < -0.39 is 0 Å². The van der Waals surface area contributed by atoms with Crippen LogP contribution in [0.4, 0.5) is 0 Å². The highest BCUT2D eigenvalue weighted by atomic mass is 32.1. The van der Waals surface area contributed by atoms with Crippen molar-refractivity contribution in [3.05, 3.63) is 45.6 Å². The monoisotopic (exact) mass is 291 g/mol. The molecule has 1 heterocycles. The molecule has 1 N–H and O–H groups in total. The van der Waals surface area contributed by atoms with Crippen molar-refractivity contribution >= 4 is 17.2 Å². The summed E-state index contributed by atoms with van der Waals surface area (Å²) in [7, 11) is 3.19. The van der Waals surface area contributed by atoms with E-state index in [0.717, 1.165) is 15.3 Å². The van der Waals surface area contributed by atoms with Gasteiger partial charge < -0.3 is 14.8 Å². The number of aryl methyl sites for hydroxylation is 1. The van der Waals surface area contributed by atoms with E-state index in [-0.39, 0.29) is 5.91 Å². The highest BCUT2D eigenvalue weighted by Gasteiger charge is 2.09. The lowest BCUT2D eigenvalue weighted by atomic mass is 10.2. The molecule has 2 aromatic rings. The summed E-state index contributed by atoms with van der Waals surface area (Å²) < 4.78 is 10.4. The van der Waals surface area contributed by atoms with Crippen LogP contribution < -0.4 is 14.8 Å². The molecule has 0 aliphatic carbocycles. The zero-order chi connectivity index (χ0) is 14.5. The van der Waals surface area contributed by atoms with Crippen LogP contribution >= 0.6 is 11.3 Å². The third kappa shape index (κ3) is 3.30. The average Bonchev–Trinajstić information content (AvgIpc) is 2.91. The maximum Gasteiger partial charge on any atom is 0.261 e. The Bertz CT molecular complexity index is 607. The number of hydrogen-bond donors (Lipinski definition) is 1. The zero-order valence-corrected chi connectivity index (χ0v) is 12.5. The van der Waals surface area contributed by atoms with Crippen molar-refractivity contribution in [1.29, 1.82) is 0 Å². The summed E-state index contributed by atoms with van der Waals surface area (Å²) in [5, 5.41) is 2.89. The molecular formula is C15H17NO3S. The van der Waals surface area contributed by atoms with Gasteiger partial charge in [-0.1, -0.05) is 6.07 Å². The van der Waals surface area contributed by atoms with Gasteiger partial charge >= 0.3 is 0 Å². The van der Waals surface area contributed by atoms with Gasteiger partial charge in [0.05, 0.1) is 19.1 Å². The predicted molar refractivity (Wildman–Crippen MR) is 79.8 cm³/mol. The van der Waals surface area contributed by atoms with Gasteiger partial charge in [-0.05, 0) is 36.8 Å². The second kappa shape index (κ2) is 6.43. The largest absolute Gasteiger partial charge is 0.493 e. The first-order valence-corrected chi connectivity index (χ1v) is 7.01. The lowest BCUT2D eigenvalue weighted by Gasteiger charge is -2.10. The number of thiophene rings is 1. The standard InChI is InChI=1S/C15H17NO3S/c1-10-4-7-14(20-10)15(17)16-9-11-5-6-12(18-2)13(8-11)19-3/h4-8H,9H2,1-3H3,(H,16,17). The molecule has 0 spiro atoms. The van der Waals surface area contributed by atoms with Crippen molar-refractivity contribution in [3.8, 4) is 11.5 Å². The molecule has 1 aromatic heterocycles. The summed E-state index contributed by atoms with van der Waals surface area (Å²) in [6.45, 7) is 2.44. The Morgan fingerprint density at radius 1 is 1.15 bits per heavy atom. The minimum absolute atomic E-state index is 0.0575. The molecule has 0 fully saturated rings. The van der Waals surface area contributed by atoms with Gasteiger partial charge in [0.2, 0.25) is 0 Å². The zero-order valence-electron chi connectivity index (χ0n) is 11.7. The summed E-state index contributed by atoms with van der Waals surface area (Å²) in [5.41, 5.74) is 0.962. The first-order valence-electron chi connectivity index (χ1n) is 6.19. The summed E-state index contributed by atoms with van der Waals surface area (Å²) in [6.07, 6.45) is 0. The number of carbonyl (C=O) groups is 1. The summed E-state index contributed by atoms with van der Waals surface area (Å²) in [4.78, 5) is 13.8. The molecular weight excluding hydrogens is 274 g/mol. The van der Waals surface area contributed by atoms with Gasteiger partial charge in [-0.2, -0.15) is 0 Å². The summed E-state index contributed by atoms with van der Waals surface area (Å²) >= 11 is 1.49. The summed E-state index contributed by atoms with van der Waals surface area (Å²) in [6, 6.07) is 9.37. The van der Waals surface area contributed by atoms with Crippen LogP contribution in [-0.4, -0.2) is 20.1 Å². The van der Waals surface area contributed by atoms with E-state index in [1.54, 1.807) is 14.2 Å². The van der Waals surface area contributed by atoms with Crippen LogP contribution in [0.5, 0.6) is 11.5 Å². The SMILES string of the molecule is COc1ccc(CNC(=O)c2ccc(C)s2)cc1OC. The van der Waals surface area contributed by atoms with Gasteiger partial charge in [-0.25, -0.2) is 0 Å². The number of nitrogens with one attached hydrogen (secondary N) is 1. The van der Waals surface area contributed by atoms with Crippen LogP contribution in [0.2, 0.25) is 0 Å². The summed E-state index contributed by atoms with van der Waals surface area (Å²) in [5.74, 6) is 1.28. The molecule has 20 heavy (non-hydrogen) atoms. The molecule has 0 atom stereocenters. The number of benzene rings is 1. The molecule has 0 unspecified atom stereocenters. The van der Waals surface area contributed by atoms with E-state index in [4.69, 9.17) is 9.47 Å². The van der Waals surface area contributed by atoms with E-state index >= 15 is 0 Å². The van der Waals surface area contributed by atoms with Gasteiger partial charge in [-0.15, -0.1) is 11.3 Å². The van der Waals surface area contributed by atoms with E-state index in [1.807, 2.05) is 37.3 Å². The van der Waals surface area contributed by atoms with Crippen LogP contribution in [-0.2, 0) is 6.54 Å². The molecule has 0 bridgehead atoms. The Kier molecular flexibility index (Phi) is 4.63. The molecule has 0 saturated carbocycles. The van der Waals surface area contributed by atoms with E-state index in [9.17, 15) is 4.79 Å². The molecule has 4 nitrogen and oxygen atoms in total.